The minimum absolute atomic E-state index is 0.102. The van der Waals surface area contributed by atoms with Crippen molar-refractivity contribution in [2.24, 2.45) is 5.14 Å². The van der Waals surface area contributed by atoms with Crippen molar-refractivity contribution in [2.45, 2.75) is 31.3 Å². The Morgan fingerprint density at radius 1 is 1.14 bits per heavy atom. The molecule has 1 atom stereocenters. The normalized spacial score (nSPS) is 14.3. The first-order chi connectivity index (χ1) is 17.4. The van der Waals surface area contributed by atoms with Crippen molar-refractivity contribution < 1.29 is 19.4 Å². The first-order valence-electron chi connectivity index (χ1n) is 11.8. The van der Waals surface area contributed by atoms with Crippen LogP contribution in [0.15, 0.2) is 71.6 Å². The van der Waals surface area contributed by atoms with Gasteiger partial charge in [-0.3, -0.25) is 14.8 Å². The van der Waals surface area contributed by atoms with Gasteiger partial charge < -0.3 is 15.2 Å². The fourth-order valence-electron chi connectivity index (χ4n) is 4.00. The van der Waals surface area contributed by atoms with Crippen LogP contribution in [0.5, 0.6) is 0 Å². The SMILES string of the molecule is CC(NC=O)c1ccc(C(=O)O)cc1.Cc1cc(SN)ccc1-c1cccc(CN2CCOCC2)c1. The number of aryl methyl sites for hydroxylation is 1. The van der Waals surface area contributed by atoms with E-state index in [0.29, 0.717) is 6.41 Å². The minimum atomic E-state index is -0.951. The molecule has 0 aliphatic carbocycles. The van der Waals surface area contributed by atoms with Crippen molar-refractivity contribution in [1.82, 2.24) is 10.2 Å². The second-order valence-corrected chi connectivity index (χ2v) is 9.32. The van der Waals surface area contributed by atoms with E-state index in [2.05, 4.69) is 59.6 Å². The number of aromatic carboxylic acids is 1. The Morgan fingerprint density at radius 3 is 2.47 bits per heavy atom. The van der Waals surface area contributed by atoms with E-state index in [0.717, 1.165) is 43.3 Å². The Kier molecular flexibility index (Phi) is 10.5. The molecule has 1 saturated heterocycles. The van der Waals surface area contributed by atoms with Crippen LogP contribution in [0.25, 0.3) is 11.1 Å². The summed E-state index contributed by atoms with van der Waals surface area (Å²) in [5.74, 6) is -0.951. The summed E-state index contributed by atoms with van der Waals surface area (Å²) in [5, 5.41) is 16.9. The Balaban J connectivity index is 0.000000223. The Hall–Kier alpha value is -3.17. The first-order valence-corrected chi connectivity index (χ1v) is 12.7. The lowest BCUT2D eigenvalue weighted by Crippen LogP contribution is -2.35. The summed E-state index contributed by atoms with van der Waals surface area (Å²) in [6.45, 7) is 8.69. The van der Waals surface area contributed by atoms with Gasteiger partial charge in [0.25, 0.3) is 0 Å². The number of morpholine rings is 1. The van der Waals surface area contributed by atoms with E-state index in [1.807, 2.05) is 6.92 Å². The average molecular weight is 508 g/mol. The fraction of sp³-hybridized carbons (Fsp3) is 0.286. The highest BCUT2D eigenvalue weighted by molar-refractivity contribution is 7.97. The van der Waals surface area contributed by atoms with Gasteiger partial charge in [-0.15, -0.1) is 0 Å². The molecule has 4 rings (SSSR count). The van der Waals surface area contributed by atoms with Crippen molar-refractivity contribution >= 4 is 24.3 Å². The van der Waals surface area contributed by atoms with E-state index in [9.17, 15) is 9.59 Å². The summed E-state index contributed by atoms with van der Waals surface area (Å²) < 4.78 is 5.41. The smallest absolute Gasteiger partial charge is 0.335 e. The van der Waals surface area contributed by atoms with Crippen LogP contribution in [-0.4, -0.2) is 48.7 Å². The van der Waals surface area contributed by atoms with Gasteiger partial charge in [0, 0.05) is 24.5 Å². The summed E-state index contributed by atoms with van der Waals surface area (Å²) in [4.78, 5) is 24.2. The first kappa shape index (κ1) is 27.4. The molecule has 4 N–H and O–H groups in total. The molecule has 0 spiro atoms. The zero-order valence-electron chi connectivity index (χ0n) is 20.6. The van der Waals surface area contributed by atoms with Gasteiger partial charge in [0.05, 0.1) is 24.8 Å². The van der Waals surface area contributed by atoms with E-state index in [1.54, 1.807) is 12.1 Å². The number of nitrogens with zero attached hydrogens (tertiary/aromatic N) is 1. The summed E-state index contributed by atoms with van der Waals surface area (Å²) in [6.07, 6.45) is 0.621. The van der Waals surface area contributed by atoms with Crippen molar-refractivity contribution in [2.75, 3.05) is 26.3 Å². The molecule has 8 heteroatoms. The highest BCUT2D eigenvalue weighted by Gasteiger charge is 2.11. The lowest BCUT2D eigenvalue weighted by Gasteiger charge is -2.26. The van der Waals surface area contributed by atoms with E-state index in [-0.39, 0.29) is 11.6 Å². The number of benzene rings is 3. The molecule has 0 radical (unpaired) electrons. The number of nitrogens with two attached hydrogens (primary N) is 1. The summed E-state index contributed by atoms with van der Waals surface area (Å²) in [7, 11) is 0. The maximum Gasteiger partial charge on any atom is 0.335 e. The third-order valence-electron chi connectivity index (χ3n) is 6.06. The fourth-order valence-corrected chi connectivity index (χ4v) is 4.39. The summed E-state index contributed by atoms with van der Waals surface area (Å²) in [5.41, 5.74) is 6.29. The van der Waals surface area contributed by atoms with Crippen LogP contribution in [0.3, 0.4) is 0 Å². The predicted octanol–water partition coefficient (Wildman–Crippen LogP) is 4.65. The van der Waals surface area contributed by atoms with Gasteiger partial charge in [0.1, 0.15) is 0 Å². The van der Waals surface area contributed by atoms with Gasteiger partial charge in [-0.2, -0.15) is 0 Å². The van der Waals surface area contributed by atoms with Crippen LogP contribution in [0, 0.1) is 6.92 Å². The molecule has 190 valence electrons. The molecular formula is C28H33N3O4S. The van der Waals surface area contributed by atoms with Crippen LogP contribution in [-0.2, 0) is 16.1 Å². The van der Waals surface area contributed by atoms with E-state index in [1.165, 1.54) is 46.3 Å². The zero-order chi connectivity index (χ0) is 25.9. The second kappa shape index (κ2) is 13.8. The molecular weight excluding hydrogens is 474 g/mol. The molecule has 3 aromatic rings. The number of rotatable bonds is 8. The minimum Gasteiger partial charge on any atom is -0.478 e. The molecule has 0 bridgehead atoms. The number of carboxylic acids is 1. The van der Waals surface area contributed by atoms with Crippen LogP contribution in [0.1, 0.15) is 40.0 Å². The molecule has 1 heterocycles. The topological polar surface area (TPSA) is 105 Å². The Morgan fingerprint density at radius 2 is 1.86 bits per heavy atom. The third-order valence-corrected chi connectivity index (χ3v) is 6.58. The quantitative estimate of drug-likeness (QED) is 0.301. The van der Waals surface area contributed by atoms with Crippen LogP contribution < -0.4 is 10.5 Å². The Bertz CT molecular complexity index is 1150. The number of hydrogen-bond donors (Lipinski definition) is 3. The third kappa shape index (κ3) is 7.93. The molecule has 1 aliphatic rings. The Labute approximate surface area is 216 Å². The lowest BCUT2D eigenvalue weighted by molar-refractivity contribution is -0.110. The highest BCUT2D eigenvalue weighted by atomic mass is 32.2. The van der Waals surface area contributed by atoms with Gasteiger partial charge in [-0.25, -0.2) is 4.79 Å². The van der Waals surface area contributed by atoms with E-state index < -0.39 is 5.97 Å². The van der Waals surface area contributed by atoms with Crippen molar-refractivity contribution in [3.63, 3.8) is 0 Å². The molecule has 1 aliphatic heterocycles. The molecule has 7 nitrogen and oxygen atoms in total. The average Bonchev–Trinajstić information content (AvgIpc) is 2.90. The number of carbonyl (C=O) groups excluding carboxylic acids is 1. The van der Waals surface area contributed by atoms with E-state index >= 15 is 0 Å². The molecule has 1 fully saturated rings. The maximum atomic E-state index is 10.5. The molecule has 0 saturated carbocycles. The van der Waals surface area contributed by atoms with Crippen LogP contribution >= 0.6 is 11.9 Å². The molecule has 1 unspecified atom stereocenters. The van der Waals surface area contributed by atoms with Crippen molar-refractivity contribution in [3.8, 4) is 11.1 Å². The van der Waals surface area contributed by atoms with Crippen molar-refractivity contribution in [3.05, 3.63) is 89.0 Å². The molecule has 3 aromatic carbocycles. The van der Waals surface area contributed by atoms with Crippen LogP contribution in [0.2, 0.25) is 0 Å². The van der Waals surface area contributed by atoms with Crippen molar-refractivity contribution in [1.29, 1.82) is 0 Å². The van der Waals surface area contributed by atoms with Gasteiger partial charge in [-0.05, 0) is 83.9 Å². The largest absolute Gasteiger partial charge is 0.478 e. The highest BCUT2D eigenvalue weighted by Crippen LogP contribution is 2.27. The monoisotopic (exact) mass is 507 g/mol. The number of ether oxygens (including phenoxy) is 1. The maximum absolute atomic E-state index is 10.5. The van der Waals surface area contributed by atoms with Gasteiger partial charge in [0.15, 0.2) is 0 Å². The summed E-state index contributed by atoms with van der Waals surface area (Å²) >= 11 is 1.29. The van der Waals surface area contributed by atoms with Crippen LogP contribution in [0.4, 0.5) is 0 Å². The van der Waals surface area contributed by atoms with Gasteiger partial charge in [-0.1, -0.05) is 36.4 Å². The lowest BCUT2D eigenvalue weighted by atomic mass is 9.99. The molecule has 36 heavy (non-hydrogen) atoms. The number of nitrogens with one attached hydrogen (secondary N) is 1. The second-order valence-electron chi connectivity index (χ2n) is 8.62. The zero-order valence-corrected chi connectivity index (χ0v) is 21.5. The standard InChI is InChI=1S/C18H22N2OS.C10H11NO3/c1-14-11-17(22-19)5-6-18(14)16-4-2-3-15(12-16)13-20-7-9-21-10-8-20;1-7(11-6-12)8-2-4-9(5-3-8)10(13)14/h2-6,11-12H,7-10,13,19H2,1H3;2-7H,1H3,(H,11,12)(H,13,14). The summed E-state index contributed by atoms with van der Waals surface area (Å²) in [6, 6.07) is 21.5. The number of hydrogen-bond acceptors (Lipinski definition) is 6. The number of carbonyl (C=O) groups is 2. The van der Waals surface area contributed by atoms with Gasteiger partial charge >= 0.3 is 5.97 Å². The molecule has 1 amide bonds. The van der Waals surface area contributed by atoms with Gasteiger partial charge in [0.2, 0.25) is 6.41 Å². The van der Waals surface area contributed by atoms with E-state index in [4.69, 9.17) is 15.0 Å². The number of carboxylic acid groups (broad SMARTS) is 1. The predicted molar refractivity (Wildman–Crippen MR) is 144 cm³/mol. The molecule has 0 aromatic heterocycles. The number of amides is 1.